The first-order valence-electron chi connectivity index (χ1n) is 21.1. The highest BCUT2D eigenvalue weighted by Gasteiger charge is 2.27. The summed E-state index contributed by atoms with van der Waals surface area (Å²) in [6.45, 7) is -1.51. The van der Waals surface area contributed by atoms with Crippen molar-refractivity contribution in [1.82, 2.24) is 50.0 Å². The maximum absolute atomic E-state index is 13.9. The van der Waals surface area contributed by atoms with E-state index in [-0.39, 0.29) is 110 Å². The maximum Gasteiger partial charge on any atom is 0.397 e. The summed E-state index contributed by atoms with van der Waals surface area (Å²) in [5.41, 5.74) is 5.18. The smallest absolute Gasteiger partial charge is 0.397 e. The van der Waals surface area contributed by atoms with Gasteiger partial charge in [-0.15, -0.1) is 0 Å². The molecule has 0 atom stereocenters. The molecule has 0 fully saturated rings. The van der Waals surface area contributed by atoms with E-state index in [1.807, 2.05) is 0 Å². The summed E-state index contributed by atoms with van der Waals surface area (Å²) in [6.07, 6.45) is 0. The van der Waals surface area contributed by atoms with Crippen LogP contribution in [0, 0.1) is 0 Å². The Morgan fingerprint density at radius 1 is 0.500 bits per heavy atom. The number of hydrogen-bond acceptors (Lipinski definition) is 22. The summed E-state index contributed by atoms with van der Waals surface area (Å²) in [4.78, 5) is 32.3. The zero-order valence-electron chi connectivity index (χ0n) is 37.7. The lowest BCUT2D eigenvalue weighted by Gasteiger charge is -2.13. The van der Waals surface area contributed by atoms with Gasteiger partial charge >= 0.3 is 10.4 Å². The summed E-state index contributed by atoms with van der Waals surface area (Å²) in [6, 6.07) is 17.8. The summed E-state index contributed by atoms with van der Waals surface area (Å²) >= 11 is 0. The molecule has 5 aromatic carbocycles. The third-order valence-corrected chi connectivity index (χ3v) is 17.7. The predicted octanol–water partition coefficient (Wildman–Crippen LogP) is 1.56. The number of nitrogens with zero attached hydrogens (tertiary/aromatic N) is 6. The van der Waals surface area contributed by atoms with E-state index >= 15 is 0 Å². The number of sulfonamides is 3. The highest BCUT2D eigenvalue weighted by Crippen LogP contribution is 2.39. The molecule has 29 nitrogen and oxygen atoms in total. The van der Waals surface area contributed by atoms with E-state index < -0.39 is 95.0 Å². The van der Waals surface area contributed by atoms with Crippen LogP contribution in [-0.4, -0.2) is 124 Å². The summed E-state index contributed by atoms with van der Waals surface area (Å²) in [5.74, 6) is -1.84. The van der Waals surface area contributed by atoms with E-state index in [1.165, 1.54) is 60.7 Å². The minimum Gasteiger partial charge on any atom is -0.506 e. The topological polar surface area (TPSA) is 472 Å². The molecule has 0 saturated carbocycles. The van der Waals surface area contributed by atoms with Gasteiger partial charge in [-0.3, -0.25) is 9.11 Å². The molecule has 0 radical (unpaired) electrons. The Balaban J connectivity index is 1.12. The molecule has 3 aromatic heterocycles. The number of aromatic amines is 2. The molecule has 0 saturated heterocycles. The van der Waals surface area contributed by atoms with Crippen LogP contribution < -0.4 is 25.9 Å². The third kappa shape index (κ3) is 10.2. The Morgan fingerprint density at radius 3 is 1.43 bits per heavy atom. The van der Waals surface area contributed by atoms with Crippen LogP contribution >= 0.6 is 0 Å². The molecule has 0 amide bonds. The lowest BCUT2D eigenvalue weighted by Crippen LogP contribution is -2.36. The number of rotatable bonds is 14. The first-order valence-corrected chi connectivity index (χ1v) is 30.1. The molecule has 0 aliphatic carbocycles. The number of hydrazine groups is 1. The number of nitrogens with one attached hydrogen (secondary N) is 5. The molecule has 12 N–H and O–H groups in total. The predicted molar refractivity (Wildman–Crippen MR) is 268 cm³/mol. The molecule has 0 unspecified atom stereocenters. The molecule has 2 aliphatic rings. The van der Waals surface area contributed by atoms with Gasteiger partial charge in [0.25, 0.3) is 10.1 Å². The fraction of sp³-hybridized carbons (Fsp3) is 0.0732. The van der Waals surface area contributed by atoms with E-state index in [4.69, 9.17) is 34.8 Å². The number of sulfone groups is 1. The van der Waals surface area contributed by atoms with Gasteiger partial charge < -0.3 is 20.5 Å². The van der Waals surface area contributed by atoms with Gasteiger partial charge in [0.2, 0.25) is 30.1 Å². The Morgan fingerprint density at radius 2 is 0.947 bits per heavy atom. The average Bonchev–Trinajstić information content (AvgIpc) is 4.10. The first kappa shape index (κ1) is 51.9. The summed E-state index contributed by atoms with van der Waals surface area (Å²) in [7, 11) is -27.0. The third-order valence-electron chi connectivity index (χ3n) is 11.5. The van der Waals surface area contributed by atoms with Crippen LogP contribution in [0.3, 0.4) is 0 Å². The average molecular weight is 1160 g/mol. The zero-order valence-corrected chi connectivity index (χ0v) is 42.6. The highest BCUT2D eigenvalue weighted by atomic mass is 32.3. The van der Waals surface area contributed by atoms with Gasteiger partial charge in [0, 0.05) is 43.8 Å². The number of phenolic OH excluding ortho intramolecular Hbond substituents is 1. The summed E-state index contributed by atoms with van der Waals surface area (Å²) in [5, 5.41) is 22.0. The number of primary sulfonamides is 2. The first-order chi connectivity index (χ1) is 35.5. The number of fused-ring (bicyclic) bond motifs is 20. The fourth-order valence-corrected chi connectivity index (χ4v) is 12.0. The van der Waals surface area contributed by atoms with Crippen molar-refractivity contribution >= 4 is 110 Å². The number of benzene rings is 5. The number of H-pyrrole nitrogens is 2. The van der Waals surface area contributed by atoms with Crippen molar-refractivity contribution in [2.75, 3.05) is 24.5 Å². The van der Waals surface area contributed by atoms with Crippen LogP contribution in [0.2, 0.25) is 0 Å². The van der Waals surface area contributed by atoms with Crippen LogP contribution in [0.4, 0.5) is 5.69 Å². The largest absolute Gasteiger partial charge is 0.506 e. The standard InChI is InChI=1S/C41H33N13O16S6/c42-72(58,59)20-1-6-24-28(13-20)39-46-34(24)50-40-30-15-22(74(62,63)45-18-44-54-32-17-19(5-10-33(32)55)71(56,57)12-11-70-76(67,68)69)3-8-26(30)36(51-40)48-38-29-14-21(73(43,60)61)2-7-25(29)35(47-38)52-41-31-16-23(75(64,65)66)4-9-27(31)37(49-39)53-41/h1-10,13-17,44-45,54-55H,11-12,18H2,(H2,42,58,59)(H2,43,60,61)(H,64,65,66)(H,67,68,69)(H2,46,47,48,49,50,51,52,53). The quantitative estimate of drug-likeness (QED) is 0.0243. The number of aromatic hydroxyl groups is 1. The normalized spacial score (nSPS) is 13.2. The highest BCUT2D eigenvalue weighted by molar-refractivity contribution is 7.91. The van der Waals surface area contributed by atoms with Gasteiger partial charge in [-0.1, -0.05) is 0 Å². The van der Waals surface area contributed by atoms with E-state index in [0.717, 1.165) is 30.3 Å². The molecule has 5 heterocycles. The zero-order chi connectivity index (χ0) is 54.5. The molecule has 76 heavy (non-hydrogen) atoms. The fourth-order valence-electron chi connectivity index (χ4n) is 7.92. The molecule has 8 aromatic rings. The lowest BCUT2D eigenvalue weighted by molar-refractivity contribution is 0.284. The maximum atomic E-state index is 13.9. The molecule has 394 valence electrons. The van der Waals surface area contributed by atoms with E-state index in [2.05, 4.69) is 39.7 Å². The van der Waals surface area contributed by atoms with Crippen molar-refractivity contribution in [2.24, 2.45) is 10.3 Å². The van der Waals surface area contributed by atoms with Gasteiger partial charge in [-0.05, 0) is 91.0 Å². The van der Waals surface area contributed by atoms with Gasteiger partial charge in [0.1, 0.15) is 28.3 Å². The van der Waals surface area contributed by atoms with Crippen molar-refractivity contribution in [3.05, 3.63) is 91.0 Å². The van der Waals surface area contributed by atoms with Gasteiger partial charge in [-0.25, -0.2) is 83.5 Å². The van der Waals surface area contributed by atoms with Crippen molar-refractivity contribution < 1.29 is 68.9 Å². The minimum absolute atomic E-state index is 0.00748. The van der Waals surface area contributed by atoms with Crippen LogP contribution in [0.15, 0.2) is 115 Å². The SMILES string of the molecule is NS(=O)(=O)c1ccc2c(c1)-c1nc-2nc2[nH]c(nc3nc(nc4[nH]c(n1)c1ccc(S(=O)(=O)O)cc41)-c1ccc(S(N)(=O)=O)cc1-3)c1ccc(S(=O)(=O)NCNNc3cc(S(=O)(=O)CCOS(=O)(=O)O)ccc3O)cc21. The number of hydrogen-bond donors (Lipinski definition) is 10. The Labute approximate surface area is 428 Å². The second kappa shape index (κ2) is 18.4. The molecule has 10 rings (SSSR count). The van der Waals surface area contributed by atoms with Crippen LogP contribution in [-0.2, 0) is 64.6 Å². The van der Waals surface area contributed by atoms with Crippen LogP contribution in [0.5, 0.6) is 5.75 Å². The second-order valence-electron chi connectivity index (χ2n) is 16.4. The van der Waals surface area contributed by atoms with Gasteiger partial charge in [0.05, 0.1) is 49.2 Å². The molecule has 8 bridgehead atoms. The van der Waals surface area contributed by atoms with Crippen LogP contribution in [0.25, 0.3) is 89.7 Å². The van der Waals surface area contributed by atoms with Crippen LogP contribution in [0.1, 0.15) is 0 Å². The van der Waals surface area contributed by atoms with Crippen molar-refractivity contribution in [3.8, 4) is 51.3 Å². The van der Waals surface area contributed by atoms with Crippen molar-refractivity contribution in [1.29, 1.82) is 0 Å². The van der Waals surface area contributed by atoms with Gasteiger partial charge in [0.15, 0.2) is 33.1 Å². The Bertz CT molecular complexity index is 4710. The Kier molecular flexibility index (Phi) is 12.5. The van der Waals surface area contributed by atoms with Gasteiger partial charge in [-0.2, -0.15) is 21.6 Å². The number of phenols is 1. The van der Waals surface area contributed by atoms with E-state index in [1.54, 1.807) is 0 Å². The monoisotopic (exact) mass is 1160 g/mol. The number of aromatic nitrogens is 8. The molecule has 35 heteroatoms. The van der Waals surface area contributed by atoms with Crippen molar-refractivity contribution in [3.63, 3.8) is 0 Å². The second-order valence-corrected chi connectivity index (χ2v) is 25.9. The Hall–Kier alpha value is -7.52. The molecular weight excluding hydrogens is 1120 g/mol. The lowest BCUT2D eigenvalue weighted by atomic mass is 10.1. The number of nitrogens with two attached hydrogens (primary N) is 2. The van der Waals surface area contributed by atoms with Crippen molar-refractivity contribution in [2.45, 2.75) is 24.5 Å². The summed E-state index contributed by atoms with van der Waals surface area (Å²) < 4.78 is 175. The van der Waals surface area contributed by atoms with E-state index in [9.17, 15) is 60.2 Å². The molecule has 0 spiro atoms. The molecular formula is C41H33N13O16S6. The van der Waals surface area contributed by atoms with E-state index in [0.29, 0.717) is 0 Å². The number of anilines is 1. The molecule has 2 aliphatic heterocycles. The minimum atomic E-state index is -4.92.